The van der Waals surface area contributed by atoms with Crippen molar-refractivity contribution >= 4 is 18.1 Å². The largest absolute Gasteiger partial charge is 0.479 e. The fourth-order valence-electron chi connectivity index (χ4n) is 1.78. The summed E-state index contributed by atoms with van der Waals surface area (Å²) in [5, 5.41) is 17.6. The van der Waals surface area contributed by atoms with E-state index in [0.29, 0.717) is 0 Å². The monoisotopic (exact) mass is 386 g/mol. The van der Waals surface area contributed by atoms with Crippen LogP contribution in [0.2, 0.25) is 0 Å². The van der Waals surface area contributed by atoms with E-state index in [1.807, 2.05) is 0 Å². The number of carbonyl (C=O) groups is 2. The Hall–Kier alpha value is -3.44. The third-order valence-corrected chi connectivity index (χ3v) is 2.98. The van der Waals surface area contributed by atoms with Crippen LogP contribution in [-0.2, 0) is 15.8 Å². The molecule has 1 aromatic heterocycles. The Kier molecular flexibility index (Phi) is 6.11. The molecule has 144 valence electrons. The van der Waals surface area contributed by atoms with Crippen molar-refractivity contribution in [3.8, 4) is 11.4 Å². The number of halogens is 3. The lowest BCUT2D eigenvalue weighted by atomic mass is 10.1. The minimum absolute atomic E-state index is 0.227. The molecule has 2 aromatic rings. The molecule has 1 heterocycles. The first-order chi connectivity index (χ1) is 12.7. The van der Waals surface area contributed by atoms with Crippen LogP contribution >= 0.6 is 0 Å². The van der Waals surface area contributed by atoms with Crippen molar-refractivity contribution in [1.82, 2.24) is 15.5 Å². The van der Waals surface area contributed by atoms with Crippen molar-refractivity contribution in [3.05, 3.63) is 35.7 Å². The zero-order valence-corrected chi connectivity index (χ0v) is 13.7. The van der Waals surface area contributed by atoms with E-state index in [0.717, 1.165) is 0 Å². The van der Waals surface area contributed by atoms with Crippen molar-refractivity contribution < 1.29 is 37.2 Å². The summed E-state index contributed by atoms with van der Waals surface area (Å²) < 4.78 is 41.5. The Morgan fingerprint density at radius 3 is 2.59 bits per heavy atom. The average Bonchev–Trinajstić information content (AvgIpc) is 3.09. The molecule has 0 fully saturated rings. The smallest absolute Gasteiger partial charge is 0.471 e. The standard InChI is InChI=1S/C15H13F3N4O5/c1-8(6-19-26-7-11(23)24)20-13(25)10-4-2-9(3-5-10)12-21-14(27-22-12)15(16,17)18/h2-6,8H,7H2,1H3,(H,20,25)(H,23,24). The molecule has 0 spiro atoms. The molecule has 27 heavy (non-hydrogen) atoms. The van der Waals surface area contributed by atoms with Crippen LogP contribution in [0.15, 0.2) is 33.9 Å². The fourth-order valence-corrected chi connectivity index (χ4v) is 1.78. The molecule has 0 bridgehead atoms. The number of aromatic nitrogens is 2. The molecule has 0 aliphatic carbocycles. The number of nitrogens with zero attached hydrogens (tertiary/aromatic N) is 3. The van der Waals surface area contributed by atoms with Gasteiger partial charge in [0.05, 0.1) is 12.3 Å². The van der Waals surface area contributed by atoms with Crippen molar-refractivity contribution in [3.63, 3.8) is 0 Å². The molecule has 0 aliphatic heterocycles. The first-order valence-corrected chi connectivity index (χ1v) is 7.36. The summed E-state index contributed by atoms with van der Waals surface area (Å²) in [6, 6.07) is 4.93. The topological polar surface area (TPSA) is 127 Å². The Bertz CT molecular complexity index is 833. The van der Waals surface area contributed by atoms with Crippen LogP contribution in [0.3, 0.4) is 0 Å². The number of amides is 1. The van der Waals surface area contributed by atoms with Gasteiger partial charge in [-0.25, -0.2) is 4.79 Å². The predicted molar refractivity (Wildman–Crippen MR) is 83.7 cm³/mol. The second kappa shape index (κ2) is 8.29. The third kappa shape index (κ3) is 5.80. The highest BCUT2D eigenvalue weighted by molar-refractivity contribution is 5.96. The van der Waals surface area contributed by atoms with Crippen LogP contribution in [0.1, 0.15) is 23.2 Å². The van der Waals surface area contributed by atoms with E-state index >= 15 is 0 Å². The van der Waals surface area contributed by atoms with E-state index < -0.39 is 36.6 Å². The minimum Gasteiger partial charge on any atom is -0.479 e. The van der Waals surface area contributed by atoms with Gasteiger partial charge in [0, 0.05) is 11.1 Å². The summed E-state index contributed by atoms with van der Waals surface area (Å²) in [6.07, 6.45) is -3.54. The molecule has 1 atom stereocenters. The Balaban J connectivity index is 1.97. The lowest BCUT2D eigenvalue weighted by Gasteiger charge is -2.09. The van der Waals surface area contributed by atoms with Gasteiger partial charge in [0.2, 0.25) is 12.4 Å². The molecule has 0 aliphatic rings. The number of oxime groups is 1. The molecule has 1 amide bonds. The molecule has 12 heteroatoms. The molecule has 9 nitrogen and oxygen atoms in total. The van der Waals surface area contributed by atoms with Gasteiger partial charge in [0.25, 0.3) is 5.91 Å². The van der Waals surface area contributed by atoms with Gasteiger partial charge in [0.15, 0.2) is 0 Å². The van der Waals surface area contributed by atoms with Crippen LogP contribution in [0, 0.1) is 0 Å². The van der Waals surface area contributed by atoms with Crippen LogP contribution in [0.25, 0.3) is 11.4 Å². The first-order valence-electron chi connectivity index (χ1n) is 7.36. The molecule has 0 saturated carbocycles. The molecule has 1 unspecified atom stereocenters. The van der Waals surface area contributed by atoms with Crippen LogP contribution in [-0.4, -0.2) is 46.0 Å². The van der Waals surface area contributed by atoms with Gasteiger partial charge in [-0.15, -0.1) is 0 Å². The fraction of sp³-hybridized carbons (Fsp3) is 0.267. The van der Waals surface area contributed by atoms with Crippen LogP contribution in [0.4, 0.5) is 13.2 Å². The van der Waals surface area contributed by atoms with Crippen LogP contribution in [0.5, 0.6) is 0 Å². The van der Waals surface area contributed by atoms with Gasteiger partial charge in [-0.1, -0.05) is 22.4 Å². The molecular weight excluding hydrogens is 373 g/mol. The number of aliphatic carboxylic acids is 1. The van der Waals surface area contributed by atoms with Gasteiger partial charge in [0.1, 0.15) is 0 Å². The summed E-state index contributed by atoms with van der Waals surface area (Å²) in [4.78, 5) is 30.0. The summed E-state index contributed by atoms with van der Waals surface area (Å²) >= 11 is 0. The minimum atomic E-state index is -4.74. The molecule has 2 N–H and O–H groups in total. The number of benzene rings is 1. The lowest BCUT2D eigenvalue weighted by molar-refractivity contribution is -0.159. The number of nitrogens with one attached hydrogen (secondary N) is 1. The van der Waals surface area contributed by atoms with Gasteiger partial charge in [-0.2, -0.15) is 18.2 Å². The highest BCUT2D eigenvalue weighted by Crippen LogP contribution is 2.29. The van der Waals surface area contributed by atoms with E-state index in [1.165, 1.54) is 30.5 Å². The van der Waals surface area contributed by atoms with Crippen molar-refractivity contribution in [2.24, 2.45) is 5.16 Å². The molecule has 0 radical (unpaired) electrons. The maximum Gasteiger partial charge on any atom is 0.471 e. The second-order valence-electron chi connectivity index (χ2n) is 5.18. The van der Waals surface area contributed by atoms with E-state index in [2.05, 4.69) is 30.0 Å². The maximum absolute atomic E-state index is 12.5. The second-order valence-corrected chi connectivity index (χ2v) is 5.18. The first kappa shape index (κ1) is 19.9. The number of alkyl halides is 3. The van der Waals surface area contributed by atoms with Gasteiger partial charge < -0.3 is 19.8 Å². The van der Waals surface area contributed by atoms with Crippen molar-refractivity contribution in [1.29, 1.82) is 0 Å². The number of hydrogen-bond acceptors (Lipinski definition) is 7. The Morgan fingerprint density at radius 1 is 1.37 bits per heavy atom. The van der Waals surface area contributed by atoms with E-state index in [9.17, 15) is 22.8 Å². The lowest BCUT2D eigenvalue weighted by Crippen LogP contribution is -2.33. The van der Waals surface area contributed by atoms with E-state index in [-0.39, 0.29) is 17.0 Å². The summed E-state index contributed by atoms with van der Waals surface area (Å²) in [5.41, 5.74) is 0.465. The van der Waals surface area contributed by atoms with Gasteiger partial charge in [-0.3, -0.25) is 4.79 Å². The highest BCUT2D eigenvalue weighted by atomic mass is 19.4. The summed E-state index contributed by atoms with van der Waals surface area (Å²) in [5.74, 6) is -3.39. The Labute approximate surface area is 149 Å². The average molecular weight is 386 g/mol. The van der Waals surface area contributed by atoms with Gasteiger partial charge in [-0.05, 0) is 19.1 Å². The number of hydrogen-bond donors (Lipinski definition) is 2. The quantitative estimate of drug-likeness (QED) is 0.550. The third-order valence-electron chi connectivity index (χ3n) is 2.98. The zero-order valence-electron chi connectivity index (χ0n) is 13.7. The number of rotatable bonds is 7. The maximum atomic E-state index is 12.5. The van der Waals surface area contributed by atoms with Crippen molar-refractivity contribution in [2.45, 2.75) is 19.1 Å². The number of carbonyl (C=O) groups excluding carboxylic acids is 1. The Morgan fingerprint density at radius 2 is 2.04 bits per heavy atom. The van der Waals surface area contributed by atoms with Gasteiger partial charge >= 0.3 is 18.0 Å². The molecule has 1 aromatic carbocycles. The molecule has 2 rings (SSSR count). The predicted octanol–water partition coefficient (Wildman–Crippen LogP) is 1.96. The number of carboxylic acids is 1. The molecule has 0 saturated heterocycles. The zero-order chi connectivity index (χ0) is 20.0. The highest BCUT2D eigenvalue weighted by Gasteiger charge is 2.38. The van der Waals surface area contributed by atoms with E-state index in [1.54, 1.807) is 6.92 Å². The van der Waals surface area contributed by atoms with Crippen LogP contribution < -0.4 is 5.32 Å². The van der Waals surface area contributed by atoms with E-state index in [4.69, 9.17) is 5.11 Å². The number of carboxylic acid groups (broad SMARTS) is 1. The molecular formula is C15H13F3N4O5. The SMILES string of the molecule is CC(C=NOCC(=O)O)NC(=O)c1ccc(-c2noc(C(F)(F)F)n2)cc1. The summed E-state index contributed by atoms with van der Waals surface area (Å²) in [7, 11) is 0. The summed E-state index contributed by atoms with van der Waals surface area (Å²) in [6.45, 7) is 0.975. The van der Waals surface area contributed by atoms with Crippen molar-refractivity contribution in [2.75, 3.05) is 6.61 Å². The normalized spacial score (nSPS) is 12.7.